The van der Waals surface area contributed by atoms with E-state index in [0.717, 1.165) is 19.4 Å². The number of phenolic OH excluding ortho intramolecular Hbond substituents is 1. The smallest absolute Gasteiger partial charge is 0.167 e. The Kier molecular flexibility index (Phi) is 4.18. The molecule has 0 radical (unpaired) electrons. The Labute approximate surface area is 119 Å². The summed E-state index contributed by atoms with van der Waals surface area (Å²) < 4.78 is 18.9. The summed E-state index contributed by atoms with van der Waals surface area (Å²) in [6.07, 6.45) is 2.34. The zero-order valence-corrected chi connectivity index (χ0v) is 12.2. The quantitative estimate of drug-likeness (QED) is 0.919. The lowest BCUT2D eigenvalue weighted by molar-refractivity contribution is 0.176. The lowest BCUT2D eigenvalue weighted by Crippen LogP contribution is -2.39. The van der Waals surface area contributed by atoms with Crippen LogP contribution in [0.3, 0.4) is 0 Å². The summed E-state index contributed by atoms with van der Waals surface area (Å²) in [5.41, 5.74) is 0.868. The van der Waals surface area contributed by atoms with Gasteiger partial charge >= 0.3 is 0 Å². The fourth-order valence-corrected chi connectivity index (χ4v) is 2.76. The van der Waals surface area contributed by atoms with Gasteiger partial charge in [-0.1, -0.05) is 6.58 Å². The third kappa shape index (κ3) is 2.45. The van der Waals surface area contributed by atoms with Gasteiger partial charge in [-0.15, -0.1) is 0 Å². The summed E-state index contributed by atoms with van der Waals surface area (Å²) in [7, 11) is 5.33. The fourth-order valence-electron chi connectivity index (χ4n) is 2.76. The van der Waals surface area contributed by atoms with Gasteiger partial charge in [-0.25, -0.2) is 4.39 Å². The van der Waals surface area contributed by atoms with Gasteiger partial charge in [-0.05, 0) is 38.6 Å². The van der Waals surface area contributed by atoms with E-state index in [1.165, 1.54) is 19.2 Å². The zero-order chi connectivity index (χ0) is 14.9. The Morgan fingerprint density at radius 3 is 2.80 bits per heavy atom. The molecule has 4 nitrogen and oxygen atoms in total. The predicted molar refractivity (Wildman–Crippen MR) is 77.1 cm³/mol. The van der Waals surface area contributed by atoms with Crippen LogP contribution in [0.15, 0.2) is 18.7 Å². The molecule has 1 fully saturated rings. The molecule has 1 aromatic rings. The highest BCUT2D eigenvalue weighted by atomic mass is 19.1. The first-order chi connectivity index (χ1) is 9.47. The molecule has 5 heteroatoms. The molecule has 1 unspecified atom stereocenters. The van der Waals surface area contributed by atoms with E-state index in [1.54, 1.807) is 0 Å². The van der Waals surface area contributed by atoms with E-state index in [4.69, 9.17) is 4.74 Å². The van der Waals surface area contributed by atoms with Crippen molar-refractivity contribution in [2.45, 2.75) is 19.0 Å². The summed E-state index contributed by atoms with van der Waals surface area (Å²) >= 11 is 0. The molecule has 110 valence electrons. The Morgan fingerprint density at radius 1 is 1.55 bits per heavy atom. The SMILES string of the molecule is C=C(c1c(O)ccc(F)c1OC)N(C)C1CCCN1C. The van der Waals surface area contributed by atoms with Crippen LogP contribution in [0, 0.1) is 5.82 Å². The molecule has 1 saturated heterocycles. The van der Waals surface area contributed by atoms with Crippen LogP contribution in [-0.2, 0) is 0 Å². The van der Waals surface area contributed by atoms with Crippen molar-refractivity contribution in [2.24, 2.45) is 0 Å². The Bertz CT molecular complexity index is 519. The summed E-state index contributed by atoms with van der Waals surface area (Å²) in [4.78, 5) is 4.18. The number of methoxy groups -OCH3 is 1. The lowest BCUT2D eigenvalue weighted by Gasteiger charge is -2.33. The number of phenols is 1. The second kappa shape index (κ2) is 5.71. The van der Waals surface area contributed by atoms with Crippen molar-refractivity contribution in [3.05, 3.63) is 30.1 Å². The van der Waals surface area contributed by atoms with Gasteiger partial charge in [0.25, 0.3) is 0 Å². The van der Waals surface area contributed by atoms with Gasteiger partial charge in [0.1, 0.15) is 5.75 Å². The molecule has 2 rings (SSSR count). The summed E-state index contributed by atoms with van der Waals surface area (Å²) in [5, 5.41) is 10.0. The second-order valence-corrected chi connectivity index (χ2v) is 5.14. The van der Waals surface area contributed by atoms with E-state index in [0.29, 0.717) is 11.3 Å². The number of ether oxygens (including phenoxy) is 1. The van der Waals surface area contributed by atoms with E-state index in [1.807, 2.05) is 19.0 Å². The second-order valence-electron chi connectivity index (χ2n) is 5.14. The van der Waals surface area contributed by atoms with E-state index >= 15 is 0 Å². The number of aromatic hydroxyl groups is 1. The number of rotatable bonds is 4. The van der Waals surface area contributed by atoms with Gasteiger partial charge in [-0.3, -0.25) is 4.90 Å². The standard InChI is InChI=1S/C15H21FN2O2/c1-10(18(3)13-6-5-9-17(13)2)14-12(19)8-7-11(16)15(14)20-4/h7-8,13,19H,1,5-6,9H2,2-4H3. The van der Waals surface area contributed by atoms with E-state index in [2.05, 4.69) is 11.5 Å². The van der Waals surface area contributed by atoms with Crippen molar-refractivity contribution < 1.29 is 14.2 Å². The minimum Gasteiger partial charge on any atom is -0.507 e. The van der Waals surface area contributed by atoms with Gasteiger partial charge in [0.2, 0.25) is 0 Å². The Morgan fingerprint density at radius 2 is 2.25 bits per heavy atom. The monoisotopic (exact) mass is 280 g/mol. The average Bonchev–Trinajstić information content (AvgIpc) is 2.85. The number of halogens is 1. The molecule has 1 aromatic carbocycles. The highest BCUT2D eigenvalue weighted by Crippen LogP contribution is 2.38. The first-order valence-electron chi connectivity index (χ1n) is 6.65. The van der Waals surface area contributed by atoms with Gasteiger partial charge < -0.3 is 14.7 Å². The normalized spacial score (nSPS) is 19.1. The molecule has 1 atom stereocenters. The maximum absolute atomic E-state index is 13.8. The molecule has 1 aliphatic heterocycles. The first-order valence-corrected chi connectivity index (χ1v) is 6.65. The molecule has 1 aliphatic rings. The highest BCUT2D eigenvalue weighted by molar-refractivity contribution is 5.73. The van der Waals surface area contributed by atoms with Gasteiger partial charge in [0.05, 0.1) is 18.8 Å². The third-order valence-corrected chi connectivity index (χ3v) is 3.94. The van der Waals surface area contributed by atoms with Gasteiger partial charge in [0, 0.05) is 12.7 Å². The Balaban J connectivity index is 2.35. The zero-order valence-electron chi connectivity index (χ0n) is 12.2. The highest BCUT2D eigenvalue weighted by Gasteiger charge is 2.28. The minimum atomic E-state index is -0.505. The van der Waals surface area contributed by atoms with E-state index in [9.17, 15) is 9.50 Å². The van der Waals surface area contributed by atoms with Crippen molar-refractivity contribution in [3.63, 3.8) is 0 Å². The van der Waals surface area contributed by atoms with Crippen LogP contribution >= 0.6 is 0 Å². The molecule has 20 heavy (non-hydrogen) atoms. The van der Waals surface area contributed by atoms with Gasteiger partial charge in [-0.2, -0.15) is 0 Å². The molecular formula is C15H21FN2O2. The molecule has 1 N–H and O–H groups in total. The molecule has 0 spiro atoms. The first kappa shape index (κ1) is 14.7. The number of hydrogen-bond acceptors (Lipinski definition) is 4. The molecule has 0 aliphatic carbocycles. The van der Waals surface area contributed by atoms with Crippen LogP contribution in [0.2, 0.25) is 0 Å². The van der Waals surface area contributed by atoms with Crippen LogP contribution in [-0.4, -0.2) is 48.8 Å². The van der Waals surface area contributed by atoms with Gasteiger partial charge in [0.15, 0.2) is 11.6 Å². The van der Waals surface area contributed by atoms with Crippen LogP contribution in [0.5, 0.6) is 11.5 Å². The average molecular weight is 280 g/mol. The largest absolute Gasteiger partial charge is 0.507 e. The third-order valence-electron chi connectivity index (χ3n) is 3.94. The maximum Gasteiger partial charge on any atom is 0.167 e. The maximum atomic E-state index is 13.8. The lowest BCUT2D eigenvalue weighted by atomic mass is 10.1. The van der Waals surface area contributed by atoms with Crippen molar-refractivity contribution in [3.8, 4) is 11.5 Å². The molecule has 0 aromatic heterocycles. The van der Waals surface area contributed by atoms with Crippen molar-refractivity contribution >= 4 is 5.70 Å². The summed E-state index contributed by atoms with van der Waals surface area (Å²) in [6, 6.07) is 2.51. The molecule has 1 heterocycles. The molecule has 0 amide bonds. The number of likely N-dealkylation sites (tertiary alicyclic amines) is 1. The number of benzene rings is 1. The van der Waals surface area contributed by atoms with Crippen molar-refractivity contribution in [1.82, 2.24) is 9.80 Å². The molecule has 0 saturated carbocycles. The number of hydrogen-bond donors (Lipinski definition) is 1. The van der Waals surface area contributed by atoms with Crippen molar-refractivity contribution in [1.29, 1.82) is 0 Å². The minimum absolute atomic E-state index is 0.0271. The molecule has 0 bridgehead atoms. The predicted octanol–water partition coefficient (Wildman–Crippen LogP) is 2.49. The van der Waals surface area contributed by atoms with Crippen LogP contribution in [0.1, 0.15) is 18.4 Å². The van der Waals surface area contributed by atoms with Crippen LogP contribution in [0.4, 0.5) is 4.39 Å². The van der Waals surface area contributed by atoms with Crippen molar-refractivity contribution in [2.75, 3.05) is 27.7 Å². The molecular weight excluding hydrogens is 259 g/mol. The fraction of sp³-hybridized carbons (Fsp3) is 0.467. The summed E-state index contributed by atoms with van der Waals surface area (Å²) in [5.74, 6) is -0.502. The van der Waals surface area contributed by atoms with Crippen LogP contribution in [0.25, 0.3) is 5.70 Å². The number of nitrogens with zero attached hydrogens (tertiary/aromatic N) is 2. The van der Waals surface area contributed by atoms with E-state index < -0.39 is 5.82 Å². The van der Waals surface area contributed by atoms with Crippen LogP contribution < -0.4 is 4.74 Å². The van der Waals surface area contributed by atoms with E-state index in [-0.39, 0.29) is 17.7 Å². The topological polar surface area (TPSA) is 35.9 Å². The Hall–Kier alpha value is -1.75. The summed E-state index contributed by atoms with van der Waals surface area (Å²) in [6.45, 7) is 5.03.